The zero-order chi connectivity index (χ0) is 20.6. The van der Waals surface area contributed by atoms with Crippen molar-refractivity contribution in [3.63, 3.8) is 0 Å². The van der Waals surface area contributed by atoms with Crippen molar-refractivity contribution >= 4 is 12.1 Å². The van der Waals surface area contributed by atoms with Crippen LogP contribution in [0.5, 0.6) is 5.75 Å². The molecule has 1 aromatic rings. The van der Waals surface area contributed by atoms with Crippen molar-refractivity contribution in [1.29, 1.82) is 0 Å². The number of carboxylic acids is 1. The van der Waals surface area contributed by atoms with Gasteiger partial charge in [0.05, 0.1) is 13.2 Å². The van der Waals surface area contributed by atoms with Crippen LogP contribution < -0.4 is 10.1 Å². The fourth-order valence-electron chi connectivity index (χ4n) is 2.72. The van der Waals surface area contributed by atoms with E-state index in [0.717, 1.165) is 44.2 Å². The highest BCUT2D eigenvalue weighted by molar-refractivity contribution is 5.80. The molecule has 1 aromatic carbocycles. The third-order valence-corrected chi connectivity index (χ3v) is 4.13. The Kier molecular flexibility index (Phi) is 8.07. The lowest BCUT2D eigenvalue weighted by molar-refractivity contribution is -0.139. The molecule has 1 atom stereocenters. The van der Waals surface area contributed by atoms with Crippen LogP contribution in [0.1, 0.15) is 26.3 Å². The van der Waals surface area contributed by atoms with Gasteiger partial charge in [-0.3, -0.25) is 4.90 Å². The van der Waals surface area contributed by atoms with Gasteiger partial charge in [-0.2, -0.15) is 0 Å². The first-order valence-corrected chi connectivity index (χ1v) is 9.47. The van der Waals surface area contributed by atoms with E-state index in [1.54, 1.807) is 45.0 Å². The maximum absolute atomic E-state index is 11.8. The average molecular weight is 394 g/mol. The number of benzene rings is 1. The van der Waals surface area contributed by atoms with Crippen LogP contribution in [-0.4, -0.2) is 73.2 Å². The van der Waals surface area contributed by atoms with Gasteiger partial charge in [0.1, 0.15) is 24.0 Å². The zero-order valence-electron chi connectivity index (χ0n) is 16.8. The quantitative estimate of drug-likeness (QED) is 0.695. The Hall–Kier alpha value is -2.32. The number of carbonyl (C=O) groups is 2. The van der Waals surface area contributed by atoms with Gasteiger partial charge in [-0.1, -0.05) is 12.1 Å². The molecule has 2 N–H and O–H groups in total. The van der Waals surface area contributed by atoms with E-state index in [1.807, 2.05) is 0 Å². The third-order valence-electron chi connectivity index (χ3n) is 4.13. The van der Waals surface area contributed by atoms with Gasteiger partial charge in [0.2, 0.25) is 0 Å². The van der Waals surface area contributed by atoms with Crippen molar-refractivity contribution < 1.29 is 28.9 Å². The van der Waals surface area contributed by atoms with E-state index in [0.29, 0.717) is 6.61 Å². The number of hydrogen-bond donors (Lipinski definition) is 2. The number of hydrogen-bond acceptors (Lipinski definition) is 6. The molecule has 1 fully saturated rings. The van der Waals surface area contributed by atoms with Gasteiger partial charge in [-0.25, -0.2) is 9.59 Å². The van der Waals surface area contributed by atoms with Crippen LogP contribution in [0.3, 0.4) is 0 Å². The van der Waals surface area contributed by atoms with Gasteiger partial charge < -0.3 is 24.6 Å². The molecule has 0 saturated carbocycles. The number of carboxylic acid groups (broad SMARTS) is 1. The lowest BCUT2D eigenvalue weighted by atomic mass is 10.1. The van der Waals surface area contributed by atoms with Crippen molar-refractivity contribution in [2.45, 2.75) is 38.8 Å². The van der Waals surface area contributed by atoms with Gasteiger partial charge in [0.25, 0.3) is 0 Å². The van der Waals surface area contributed by atoms with Crippen molar-refractivity contribution in [1.82, 2.24) is 10.2 Å². The minimum atomic E-state index is -1.11. The Labute approximate surface area is 165 Å². The molecule has 8 nitrogen and oxygen atoms in total. The second-order valence-corrected chi connectivity index (χ2v) is 7.69. The second-order valence-electron chi connectivity index (χ2n) is 7.69. The van der Waals surface area contributed by atoms with E-state index in [1.165, 1.54) is 0 Å². The maximum atomic E-state index is 11.8. The summed E-state index contributed by atoms with van der Waals surface area (Å²) in [4.78, 5) is 25.6. The number of carbonyl (C=O) groups excluding carboxylic acids is 1. The van der Waals surface area contributed by atoms with E-state index in [9.17, 15) is 14.7 Å². The summed E-state index contributed by atoms with van der Waals surface area (Å²) in [7, 11) is 0. The highest BCUT2D eigenvalue weighted by Crippen LogP contribution is 2.14. The van der Waals surface area contributed by atoms with Gasteiger partial charge in [-0.15, -0.1) is 0 Å². The van der Waals surface area contributed by atoms with Gasteiger partial charge >= 0.3 is 12.1 Å². The smallest absolute Gasteiger partial charge is 0.408 e. The molecule has 2 rings (SSSR count). The largest absolute Gasteiger partial charge is 0.492 e. The number of ether oxygens (including phenoxy) is 3. The van der Waals surface area contributed by atoms with E-state index >= 15 is 0 Å². The fourth-order valence-corrected chi connectivity index (χ4v) is 2.72. The summed E-state index contributed by atoms with van der Waals surface area (Å²) in [6.45, 7) is 9.95. The Morgan fingerprint density at radius 2 is 1.86 bits per heavy atom. The van der Waals surface area contributed by atoms with E-state index in [2.05, 4.69) is 10.2 Å². The Balaban J connectivity index is 1.81. The molecule has 156 valence electrons. The number of nitrogens with one attached hydrogen (secondary N) is 1. The van der Waals surface area contributed by atoms with Crippen LogP contribution in [0.25, 0.3) is 0 Å². The average Bonchev–Trinajstić information content (AvgIpc) is 2.62. The molecule has 1 unspecified atom stereocenters. The van der Waals surface area contributed by atoms with Crippen LogP contribution in [-0.2, 0) is 20.7 Å². The fraction of sp³-hybridized carbons (Fsp3) is 0.600. The predicted octanol–water partition coefficient (Wildman–Crippen LogP) is 1.92. The molecule has 1 aliphatic heterocycles. The summed E-state index contributed by atoms with van der Waals surface area (Å²) in [5, 5.41) is 11.8. The highest BCUT2D eigenvalue weighted by Gasteiger charge is 2.24. The van der Waals surface area contributed by atoms with Crippen molar-refractivity contribution in [2.75, 3.05) is 39.5 Å². The summed E-state index contributed by atoms with van der Waals surface area (Å²) in [6.07, 6.45) is -0.592. The van der Waals surface area contributed by atoms with Crippen molar-refractivity contribution in [3.8, 4) is 5.75 Å². The van der Waals surface area contributed by atoms with Crippen LogP contribution in [0.15, 0.2) is 24.3 Å². The number of aliphatic carboxylic acids is 1. The monoisotopic (exact) mass is 394 g/mol. The highest BCUT2D eigenvalue weighted by atomic mass is 16.6. The Bertz CT molecular complexity index is 635. The number of alkyl carbamates (subject to hydrolysis) is 1. The first kappa shape index (κ1) is 22.0. The standard InChI is InChI=1S/C20H30N2O6/c1-20(2,3)28-19(25)21-17(18(23)24)14-15-4-6-16(7-5-15)27-13-10-22-8-11-26-12-9-22/h4-7,17H,8-14H2,1-3H3,(H,21,25)(H,23,24). The molecule has 0 aliphatic carbocycles. The molecule has 28 heavy (non-hydrogen) atoms. The molecule has 1 aliphatic rings. The summed E-state index contributed by atoms with van der Waals surface area (Å²) < 4.78 is 16.2. The van der Waals surface area contributed by atoms with Crippen LogP contribution in [0, 0.1) is 0 Å². The molecule has 0 spiro atoms. The second kappa shape index (κ2) is 10.3. The SMILES string of the molecule is CC(C)(C)OC(=O)NC(Cc1ccc(OCCN2CCOCC2)cc1)C(=O)O. The normalized spacial score (nSPS) is 16.2. The molecule has 8 heteroatoms. The number of rotatable bonds is 8. The lowest BCUT2D eigenvalue weighted by Gasteiger charge is -2.26. The number of amides is 1. The molecular formula is C20H30N2O6. The van der Waals surface area contributed by atoms with Gasteiger partial charge in [0.15, 0.2) is 0 Å². The van der Waals surface area contributed by atoms with Crippen molar-refractivity contribution in [2.24, 2.45) is 0 Å². The van der Waals surface area contributed by atoms with Crippen LogP contribution >= 0.6 is 0 Å². The summed E-state index contributed by atoms with van der Waals surface area (Å²) in [6, 6.07) is 6.15. The molecule has 0 radical (unpaired) electrons. The molecular weight excluding hydrogens is 364 g/mol. The summed E-state index contributed by atoms with van der Waals surface area (Å²) in [5.74, 6) is -0.388. The van der Waals surface area contributed by atoms with Gasteiger partial charge in [-0.05, 0) is 38.5 Å². The molecule has 0 bridgehead atoms. The first-order valence-electron chi connectivity index (χ1n) is 9.47. The lowest BCUT2D eigenvalue weighted by Crippen LogP contribution is -2.44. The van der Waals surface area contributed by atoms with Crippen LogP contribution in [0.4, 0.5) is 4.79 Å². The van der Waals surface area contributed by atoms with E-state index in [4.69, 9.17) is 14.2 Å². The zero-order valence-corrected chi connectivity index (χ0v) is 16.8. The molecule has 1 amide bonds. The minimum Gasteiger partial charge on any atom is -0.492 e. The number of morpholine rings is 1. The summed E-state index contributed by atoms with van der Waals surface area (Å²) in [5.41, 5.74) is 0.0943. The topological polar surface area (TPSA) is 97.3 Å². The Morgan fingerprint density at radius 3 is 2.43 bits per heavy atom. The van der Waals surface area contributed by atoms with E-state index < -0.39 is 23.7 Å². The molecule has 1 heterocycles. The third kappa shape index (κ3) is 8.14. The minimum absolute atomic E-state index is 0.155. The first-order chi connectivity index (χ1) is 13.2. The molecule has 1 saturated heterocycles. The maximum Gasteiger partial charge on any atom is 0.408 e. The molecule has 0 aromatic heterocycles. The van der Waals surface area contributed by atoms with Gasteiger partial charge in [0, 0.05) is 26.1 Å². The number of nitrogens with zero attached hydrogens (tertiary/aromatic N) is 1. The van der Waals surface area contributed by atoms with E-state index in [-0.39, 0.29) is 6.42 Å². The van der Waals surface area contributed by atoms with Crippen molar-refractivity contribution in [3.05, 3.63) is 29.8 Å². The van der Waals surface area contributed by atoms with Crippen LogP contribution in [0.2, 0.25) is 0 Å². The summed E-state index contributed by atoms with van der Waals surface area (Å²) >= 11 is 0. The predicted molar refractivity (Wildman–Crippen MR) is 104 cm³/mol. The Morgan fingerprint density at radius 1 is 1.21 bits per heavy atom.